The van der Waals surface area contributed by atoms with Crippen LogP contribution in [0.25, 0.3) is 0 Å². The van der Waals surface area contributed by atoms with Gasteiger partial charge < -0.3 is 5.11 Å². The lowest BCUT2D eigenvalue weighted by molar-refractivity contribution is -0.148. The number of nitrogens with zero attached hydrogens (tertiary/aromatic N) is 3. The molecular formula is C8H11N3O4S. The predicted octanol–water partition coefficient (Wildman–Crippen LogP) is -0.733. The quantitative estimate of drug-likeness (QED) is 0.736. The van der Waals surface area contributed by atoms with Crippen LogP contribution in [0, 0.1) is 0 Å². The van der Waals surface area contributed by atoms with Gasteiger partial charge in [-0.3, -0.25) is 0 Å². The lowest BCUT2D eigenvalue weighted by Gasteiger charge is -2.32. The van der Waals surface area contributed by atoms with Gasteiger partial charge in [0.2, 0.25) is 0 Å². The molecule has 1 aliphatic rings. The second-order valence-electron chi connectivity index (χ2n) is 3.83. The minimum Gasteiger partial charge on any atom is -0.479 e. The number of aromatic nitrogens is 3. The van der Waals surface area contributed by atoms with Crippen LogP contribution in [0.15, 0.2) is 12.7 Å². The molecule has 0 bridgehead atoms. The second-order valence-corrected chi connectivity index (χ2v) is 6.13. The van der Waals surface area contributed by atoms with Gasteiger partial charge in [-0.15, -0.1) is 0 Å². The summed E-state index contributed by atoms with van der Waals surface area (Å²) in [6.07, 6.45) is 2.63. The van der Waals surface area contributed by atoms with Gasteiger partial charge in [0.1, 0.15) is 12.7 Å². The molecule has 16 heavy (non-hydrogen) atoms. The fourth-order valence-corrected chi connectivity index (χ4v) is 3.35. The number of rotatable bonds is 2. The van der Waals surface area contributed by atoms with Crippen LogP contribution in [0.3, 0.4) is 0 Å². The van der Waals surface area contributed by atoms with Gasteiger partial charge in [-0.2, -0.15) is 5.10 Å². The Labute approximate surface area is 92.0 Å². The number of carboxylic acids is 1. The third-order valence-corrected chi connectivity index (χ3v) is 4.56. The van der Waals surface area contributed by atoms with Crippen molar-refractivity contribution in [3.8, 4) is 0 Å². The number of sulfone groups is 1. The summed E-state index contributed by atoms with van der Waals surface area (Å²) in [6.45, 7) is 0. The molecule has 0 saturated carbocycles. The number of hydrogen-bond donors (Lipinski definition) is 1. The highest BCUT2D eigenvalue weighted by Gasteiger charge is 2.46. The van der Waals surface area contributed by atoms with Crippen LogP contribution >= 0.6 is 0 Å². The zero-order valence-corrected chi connectivity index (χ0v) is 9.22. The molecule has 0 spiro atoms. The molecule has 0 radical (unpaired) electrons. The van der Waals surface area contributed by atoms with Crippen LogP contribution in [0.5, 0.6) is 0 Å². The molecule has 0 aliphatic carbocycles. The molecule has 0 amide bonds. The first-order valence-electron chi connectivity index (χ1n) is 4.75. The highest BCUT2D eigenvalue weighted by molar-refractivity contribution is 7.91. The topological polar surface area (TPSA) is 102 Å². The van der Waals surface area contributed by atoms with Crippen molar-refractivity contribution in [3.63, 3.8) is 0 Å². The van der Waals surface area contributed by atoms with Crippen molar-refractivity contribution in [2.75, 3.05) is 11.5 Å². The van der Waals surface area contributed by atoms with E-state index in [0.717, 1.165) is 0 Å². The van der Waals surface area contributed by atoms with Crippen molar-refractivity contribution in [1.29, 1.82) is 0 Å². The van der Waals surface area contributed by atoms with Crippen molar-refractivity contribution >= 4 is 15.8 Å². The van der Waals surface area contributed by atoms with Gasteiger partial charge in [0.25, 0.3) is 0 Å². The third-order valence-electron chi connectivity index (χ3n) is 2.91. The molecule has 2 heterocycles. The van der Waals surface area contributed by atoms with E-state index in [1.54, 1.807) is 0 Å². The molecule has 0 unspecified atom stereocenters. The van der Waals surface area contributed by atoms with Crippen molar-refractivity contribution < 1.29 is 18.3 Å². The maximum absolute atomic E-state index is 11.3. The highest BCUT2D eigenvalue weighted by Crippen LogP contribution is 2.30. The van der Waals surface area contributed by atoms with Gasteiger partial charge in [0, 0.05) is 0 Å². The standard InChI is InChI=1S/C8H11N3O4S/c12-7(13)8(11-6-9-5-10-11)1-3-16(14,15)4-2-8/h5-6H,1-4H2,(H,12,13). The van der Waals surface area contributed by atoms with E-state index < -0.39 is 21.3 Å². The van der Waals surface area contributed by atoms with E-state index in [1.807, 2.05) is 0 Å². The average molecular weight is 245 g/mol. The minimum atomic E-state index is -3.10. The normalized spacial score (nSPS) is 22.8. The molecule has 0 aromatic carbocycles. The number of carbonyl (C=O) groups is 1. The SMILES string of the molecule is O=C(O)C1(n2cncn2)CCS(=O)(=O)CC1. The summed E-state index contributed by atoms with van der Waals surface area (Å²) in [6, 6.07) is 0. The molecule has 2 rings (SSSR count). The zero-order valence-electron chi connectivity index (χ0n) is 8.40. The third kappa shape index (κ3) is 1.69. The van der Waals surface area contributed by atoms with E-state index in [9.17, 15) is 18.3 Å². The van der Waals surface area contributed by atoms with Crippen LogP contribution in [-0.2, 0) is 20.2 Å². The summed E-state index contributed by atoms with van der Waals surface area (Å²) in [4.78, 5) is 15.0. The smallest absolute Gasteiger partial charge is 0.331 e. The van der Waals surface area contributed by atoms with Gasteiger partial charge in [0.15, 0.2) is 15.4 Å². The Morgan fingerprint density at radius 3 is 2.44 bits per heavy atom. The molecule has 1 saturated heterocycles. The molecule has 1 N–H and O–H groups in total. The predicted molar refractivity (Wildman–Crippen MR) is 53.5 cm³/mol. The summed E-state index contributed by atoms with van der Waals surface area (Å²) < 4.78 is 23.8. The summed E-state index contributed by atoms with van der Waals surface area (Å²) in [5, 5.41) is 13.1. The Hall–Kier alpha value is -1.44. The van der Waals surface area contributed by atoms with Gasteiger partial charge in [-0.05, 0) is 12.8 Å². The fraction of sp³-hybridized carbons (Fsp3) is 0.625. The maximum Gasteiger partial charge on any atom is 0.331 e. The first-order valence-corrected chi connectivity index (χ1v) is 6.57. The Morgan fingerprint density at radius 2 is 2.00 bits per heavy atom. The molecule has 1 aliphatic heterocycles. The van der Waals surface area contributed by atoms with Gasteiger partial charge in [-0.1, -0.05) is 0 Å². The summed E-state index contributed by atoms with van der Waals surface area (Å²) in [7, 11) is -3.10. The minimum absolute atomic E-state index is 0.0357. The van der Waals surface area contributed by atoms with Crippen LogP contribution in [0.4, 0.5) is 0 Å². The van der Waals surface area contributed by atoms with Crippen LogP contribution in [-0.4, -0.2) is 45.8 Å². The molecule has 8 heteroatoms. The maximum atomic E-state index is 11.3. The van der Waals surface area contributed by atoms with Crippen molar-refractivity contribution in [1.82, 2.24) is 14.8 Å². The van der Waals surface area contributed by atoms with E-state index in [1.165, 1.54) is 17.3 Å². The average Bonchev–Trinajstić information content (AvgIpc) is 2.71. The Morgan fingerprint density at radius 1 is 1.38 bits per heavy atom. The molecule has 1 fully saturated rings. The lowest BCUT2D eigenvalue weighted by atomic mass is 9.93. The van der Waals surface area contributed by atoms with Crippen LogP contribution < -0.4 is 0 Å². The van der Waals surface area contributed by atoms with Crippen molar-refractivity contribution in [3.05, 3.63) is 12.7 Å². The molecule has 1 aromatic rings. The molecule has 1 aromatic heterocycles. The fourth-order valence-electron chi connectivity index (χ4n) is 1.85. The molecule has 88 valence electrons. The van der Waals surface area contributed by atoms with Crippen LogP contribution in [0.2, 0.25) is 0 Å². The summed E-state index contributed by atoms with van der Waals surface area (Å²) in [5.74, 6) is -1.31. The Bertz CT molecular complexity index is 479. The van der Waals surface area contributed by atoms with Gasteiger partial charge in [-0.25, -0.2) is 22.9 Å². The Kier molecular flexibility index (Phi) is 2.45. The Balaban J connectivity index is 2.37. The highest BCUT2D eigenvalue weighted by atomic mass is 32.2. The number of aliphatic carboxylic acids is 1. The second kappa shape index (κ2) is 3.55. The number of carboxylic acid groups (broad SMARTS) is 1. The van der Waals surface area contributed by atoms with E-state index in [0.29, 0.717) is 0 Å². The monoisotopic (exact) mass is 245 g/mol. The molecule has 7 nitrogen and oxygen atoms in total. The summed E-state index contributed by atoms with van der Waals surface area (Å²) >= 11 is 0. The zero-order chi connectivity index (χ0) is 11.8. The van der Waals surface area contributed by atoms with Crippen LogP contribution in [0.1, 0.15) is 12.8 Å². The van der Waals surface area contributed by atoms with Crippen molar-refractivity contribution in [2.45, 2.75) is 18.4 Å². The first-order chi connectivity index (χ1) is 7.46. The molecular weight excluding hydrogens is 234 g/mol. The first kappa shape index (κ1) is 11.1. The van der Waals surface area contributed by atoms with Gasteiger partial charge in [0.05, 0.1) is 11.5 Å². The van der Waals surface area contributed by atoms with Gasteiger partial charge >= 0.3 is 5.97 Å². The number of hydrogen-bond acceptors (Lipinski definition) is 5. The van der Waals surface area contributed by atoms with E-state index in [-0.39, 0.29) is 24.3 Å². The van der Waals surface area contributed by atoms with E-state index in [4.69, 9.17) is 0 Å². The van der Waals surface area contributed by atoms with E-state index >= 15 is 0 Å². The lowest BCUT2D eigenvalue weighted by Crippen LogP contribution is -2.48. The van der Waals surface area contributed by atoms with E-state index in [2.05, 4.69) is 10.1 Å². The van der Waals surface area contributed by atoms with Crippen molar-refractivity contribution in [2.24, 2.45) is 0 Å². The molecule has 0 atom stereocenters. The summed E-state index contributed by atoms with van der Waals surface area (Å²) in [5.41, 5.74) is -1.26. The largest absolute Gasteiger partial charge is 0.479 e.